The summed E-state index contributed by atoms with van der Waals surface area (Å²) in [5.74, 6) is -1.44. The number of nitro groups is 1. The number of carbonyl (C=O) groups excluding carboxylic acids is 2. The van der Waals surface area contributed by atoms with E-state index in [1.54, 1.807) is 12.1 Å². The second-order valence-electron chi connectivity index (χ2n) is 12.2. The van der Waals surface area contributed by atoms with Crippen molar-refractivity contribution in [3.8, 4) is 5.75 Å². The van der Waals surface area contributed by atoms with Crippen LogP contribution in [-0.2, 0) is 14.3 Å². The lowest BCUT2D eigenvalue weighted by Gasteiger charge is -2.32. The first-order valence-electron chi connectivity index (χ1n) is 15.7. The lowest BCUT2D eigenvalue weighted by Crippen LogP contribution is -2.34. The van der Waals surface area contributed by atoms with Gasteiger partial charge in [0.1, 0.15) is 5.75 Å². The molecule has 2 amide bonds. The monoisotopic (exact) mass is 594 g/mol. The highest BCUT2D eigenvalue weighted by atomic mass is 16.6. The van der Waals surface area contributed by atoms with Gasteiger partial charge in [0.15, 0.2) is 0 Å². The molecule has 8 nitrogen and oxygen atoms in total. The van der Waals surface area contributed by atoms with Crippen LogP contribution in [0.3, 0.4) is 0 Å². The molecule has 228 valence electrons. The average Bonchev–Trinajstić information content (AvgIpc) is 3.55. The van der Waals surface area contributed by atoms with Gasteiger partial charge in [0, 0.05) is 23.4 Å². The maximum absolute atomic E-state index is 13.9. The number of nitro benzene ring substituents is 1. The van der Waals surface area contributed by atoms with E-state index in [4.69, 9.17) is 4.74 Å². The topological polar surface area (TPSA) is 110 Å². The van der Waals surface area contributed by atoms with E-state index < -0.39 is 16.8 Å². The van der Waals surface area contributed by atoms with Crippen molar-refractivity contribution in [2.24, 2.45) is 17.8 Å². The molecule has 3 aromatic rings. The van der Waals surface area contributed by atoms with E-state index in [9.17, 15) is 24.8 Å². The maximum atomic E-state index is 13.9. The van der Waals surface area contributed by atoms with Crippen molar-refractivity contribution in [3.63, 3.8) is 0 Å². The summed E-state index contributed by atoms with van der Waals surface area (Å²) in [6, 6.07) is 17.4. The number of benzene rings is 3. The third-order valence-corrected chi connectivity index (χ3v) is 9.45. The Balaban J connectivity index is 1.26. The Morgan fingerprint density at radius 3 is 2.55 bits per heavy atom. The van der Waals surface area contributed by atoms with Crippen molar-refractivity contribution in [2.75, 3.05) is 11.5 Å². The van der Waals surface area contributed by atoms with Crippen molar-refractivity contribution >= 4 is 40.0 Å². The summed E-state index contributed by atoms with van der Waals surface area (Å²) >= 11 is 0. The van der Waals surface area contributed by atoms with Crippen LogP contribution in [0.1, 0.15) is 64.4 Å². The van der Waals surface area contributed by atoms with Gasteiger partial charge < -0.3 is 9.84 Å². The molecule has 6 rings (SSSR count). The minimum atomic E-state index is -0.517. The highest BCUT2D eigenvalue weighted by molar-refractivity contribution is 6.22. The van der Waals surface area contributed by atoms with E-state index in [1.165, 1.54) is 39.8 Å². The molecule has 3 aromatic carbocycles. The quantitative estimate of drug-likeness (QED) is 0.111. The van der Waals surface area contributed by atoms with E-state index in [0.29, 0.717) is 13.0 Å². The number of anilines is 1. The van der Waals surface area contributed by atoms with Gasteiger partial charge in [-0.15, -0.1) is 0 Å². The van der Waals surface area contributed by atoms with Gasteiger partial charge in [-0.05, 0) is 60.8 Å². The second kappa shape index (κ2) is 12.4. The zero-order valence-electron chi connectivity index (χ0n) is 25.2. The molecule has 2 saturated heterocycles. The van der Waals surface area contributed by atoms with Crippen molar-refractivity contribution in [1.29, 1.82) is 0 Å². The first-order valence-corrected chi connectivity index (χ1v) is 15.7. The minimum Gasteiger partial charge on any atom is -0.507 e. The molecule has 0 radical (unpaired) electrons. The molecule has 0 unspecified atom stereocenters. The van der Waals surface area contributed by atoms with Crippen LogP contribution in [0.15, 0.2) is 77.4 Å². The number of non-ortho nitro benzene ring substituents is 1. The van der Waals surface area contributed by atoms with Crippen LogP contribution in [0.5, 0.6) is 5.75 Å². The lowest BCUT2D eigenvalue weighted by atomic mass is 9.68. The van der Waals surface area contributed by atoms with E-state index in [2.05, 4.69) is 19.9 Å². The first kappa shape index (κ1) is 29.8. The molecule has 2 aliphatic heterocycles. The normalized spacial score (nSPS) is 23.4. The number of nitrogens with zero attached hydrogens (tertiary/aromatic N) is 2. The van der Waals surface area contributed by atoms with Gasteiger partial charge in [0.05, 0.1) is 35.2 Å². The summed E-state index contributed by atoms with van der Waals surface area (Å²) in [4.78, 5) is 39.6. The molecule has 2 heterocycles. The molecular weight excluding hydrogens is 556 g/mol. The Morgan fingerprint density at radius 1 is 1.00 bits per heavy atom. The van der Waals surface area contributed by atoms with Gasteiger partial charge in [0.25, 0.3) is 5.69 Å². The van der Waals surface area contributed by atoms with Gasteiger partial charge >= 0.3 is 0 Å². The van der Waals surface area contributed by atoms with E-state index in [1.807, 2.05) is 30.3 Å². The zero-order chi connectivity index (χ0) is 31.0. The predicted octanol–water partition coefficient (Wildman–Crippen LogP) is 7.74. The summed E-state index contributed by atoms with van der Waals surface area (Å²) in [6.45, 7) is 4.69. The van der Waals surface area contributed by atoms with Crippen LogP contribution in [0, 0.1) is 27.9 Å². The lowest BCUT2D eigenvalue weighted by molar-refractivity contribution is -0.384. The average molecular weight is 595 g/mol. The van der Waals surface area contributed by atoms with Gasteiger partial charge in [-0.2, -0.15) is 0 Å². The Labute approximate surface area is 257 Å². The standard InChI is InChI=1S/C36H38N2O6/c1-3-8-22(18-23-15-16-31(39)28-13-6-5-12-27(23)28)14-17-32-33-24(9-4-2)19-29-34(30(33)21-44-32)36(41)37(35(29)40)25-10-7-11-26(20-25)38(42)43/h5-7,10-13,15-16,18,20,29-30,32,34,39H,3-4,8-9,14,17,19,21H2,1-2H3/b22-18+/t29-,30+,32-,34-/m1/s1. The summed E-state index contributed by atoms with van der Waals surface area (Å²) < 4.78 is 6.44. The van der Waals surface area contributed by atoms with Crippen LogP contribution in [0.25, 0.3) is 16.8 Å². The van der Waals surface area contributed by atoms with Crippen molar-refractivity contribution in [2.45, 2.75) is 64.9 Å². The second-order valence-corrected chi connectivity index (χ2v) is 12.2. The fourth-order valence-electron chi connectivity index (χ4n) is 7.57. The summed E-state index contributed by atoms with van der Waals surface area (Å²) in [5.41, 5.74) is 4.92. The number of imide groups is 1. The predicted molar refractivity (Wildman–Crippen MR) is 170 cm³/mol. The number of rotatable bonds is 10. The molecule has 2 fully saturated rings. The fourth-order valence-corrected chi connectivity index (χ4v) is 7.57. The summed E-state index contributed by atoms with van der Waals surface area (Å²) in [6.07, 6.45) is 8.01. The molecule has 3 aliphatic rings. The highest BCUT2D eigenvalue weighted by Crippen LogP contribution is 2.51. The number of phenols is 1. The summed E-state index contributed by atoms with van der Waals surface area (Å²) in [7, 11) is 0. The number of hydrogen-bond donors (Lipinski definition) is 1. The third kappa shape index (κ3) is 5.32. The van der Waals surface area contributed by atoms with Crippen LogP contribution < -0.4 is 4.90 Å². The van der Waals surface area contributed by atoms with Crippen molar-refractivity contribution < 1.29 is 24.4 Å². The number of aromatic hydroxyl groups is 1. The van der Waals surface area contributed by atoms with Crippen LogP contribution in [0.2, 0.25) is 0 Å². The molecule has 0 spiro atoms. The molecule has 0 bridgehead atoms. The Morgan fingerprint density at radius 2 is 1.80 bits per heavy atom. The fraction of sp³-hybridized carbons (Fsp3) is 0.389. The molecule has 44 heavy (non-hydrogen) atoms. The highest BCUT2D eigenvalue weighted by Gasteiger charge is 2.57. The van der Waals surface area contributed by atoms with E-state index in [-0.39, 0.29) is 41.0 Å². The number of carbonyl (C=O) groups is 2. The molecule has 8 heteroatoms. The SMILES string of the molecule is CCCC1=C2[C@@H](CC/C(=C/c3ccc(O)c4ccccc34)CCC)OC[C@@H]2[C@@H]2C(=O)N(c3cccc([N+](=O)[O-])c3)C(=O)[C@@H]2C1. The van der Waals surface area contributed by atoms with Crippen molar-refractivity contribution in [3.05, 3.63) is 93.1 Å². The van der Waals surface area contributed by atoms with Crippen LogP contribution >= 0.6 is 0 Å². The largest absolute Gasteiger partial charge is 0.507 e. The van der Waals surface area contributed by atoms with Crippen LogP contribution in [0.4, 0.5) is 11.4 Å². The number of phenolic OH excluding ortho intramolecular Hbond substituents is 1. The third-order valence-electron chi connectivity index (χ3n) is 9.45. The van der Waals surface area contributed by atoms with Gasteiger partial charge in [-0.3, -0.25) is 19.7 Å². The molecule has 1 aliphatic carbocycles. The van der Waals surface area contributed by atoms with Gasteiger partial charge in [-0.25, -0.2) is 4.90 Å². The number of allylic oxidation sites excluding steroid dienone is 2. The number of ether oxygens (including phenoxy) is 1. The number of amides is 2. The zero-order valence-corrected chi connectivity index (χ0v) is 25.2. The van der Waals surface area contributed by atoms with Crippen molar-refractivity contribution in [1.82, 2.24) is 0 Å². The maximum Gasteiger partial charge on any atom is 0.271 e. The Kier molecular flexibility index (Phi) is 8.36. The molecular formula is C36H38N2O6. The molecule has 0 saturated carbocycles. The molecule has 4 atom stereocenters. The molecule has 0 aromatic heterocycles. The summed E-state index contributed by atoms with van der Waals surface area (Å²) in [5, 5.41) is 23.6. The van der Waals surface area contributed by atoms with E-state index >= 15 is 0 Å². The smallest absolute Gasteiger partial charge is 0.271 e. The number of hydrogen-bond acceptors (Lipinski definition) is 6. The first-order chi connectivity index (χ1) is 21.3. The van der Waals surface area contributed by atoms with Crippen LogP contribution in [-0.4, -0.2) is 34.6 Å². The minimum absolute atomic E-state index is 0.117. The van der Waals surface area contributed by atoms with E-state index in [0.717, 1.165) is 54.9 Å². The Hall–Kier alpha value is -4.30. The van der Waals surface area contributed by atoms with Gasteiger partial charge in [-0.1, -0.05) is 80.3 Å². The van der Waals surface area contributed by atoms with Gasteiger partial charge in [0.2, 0.25) is 11.8 Å². The Bertz CT molecular complexity index is 1690. The molecule has 1 N–H and O–H groups in total. The number of fused-ring (bicyclic) bond motifs is 4.